The Labute approximate surface area is 429 Å². The minimum Gasteiger partial charge on any atom is -0.482 e. The van der Waals surface area contributed by atoms with Gasteiger partial charge in [0.15, 0.2) is 28.9 Å². The van der Waals surface area contributed by atoms with Gasteiger partial charge in [0.05, 0.1) is 25.3 Å². The number of thioether (sulfide) groups is 1. The molecule has 18 nitrogen and oxygen atoms in total. The van der Waals surface area contributed by atoms with Gasteiger partial charge in [-0.2, -0.15) is 0 Å². The molecule has 5 heterocycles. The lowest BCUT2D eigenvalue weighted by Crippen LogP contribution is -2.66. The number of urea groups is 1. The molecule has 3 aromatic carbocycles. The normalized spacial score (nSPS) is 17.7. The van der Waals surface area contributed by atoms with Gasteiger partial charge < -0.3 is 36.1 Å². The number of hydrogen-bond donors (Lipinski definition) is 4. The Bertz CT molecular complexity index is 2900. The summed E-state index contributed by atoms with van der Waals surface area (Å²) in [5.41, 5.74) is 7.06. The van der Waals surface area contributed by atoms with Crippen molar-refractivity contribution in [1.82, 2.24) is 25.1 Å². The number of anilines is 1. The zero-order chi connectivity index (χ0) is 52.6. The molecule has 4 aliphatic heterocycles. The van der Waals surface area contributed by atoms with E-state index in [2.05, 4.69) is 16.0 Å². The van der Waals surface area contributed by atoms with Crippen LogP contribution in [0.2, 0.25) is 0 Å². The van der Waals surface area contributed by atoms with Gasteiger partial charge in [-0.15, -0.1) is 11.8 Å². The lowest BCUT2D eigenvalue weighted by atomic mass is 9.89. The maximum absolute atomic E-state index is 15.7. The van der Waals surface area contributed by atoms with Crippen molar-refractivity contribution in [3.05, 3.63) is 135 Å². The predicted octanol–water partition coefficient (Wildman–Crippen LogP) is 5.44. The molecular weight excluding hydrogens is 979 g/mol. The van der Waals surface area contributed by atoms with Crippen LogP contribution in [0.5, 0.6) is 5.75 Å². The lowest BCUT2D eigenvalue weighted by molar-refractivity contribution is -0.137. The molecule has 1 fully saturated rings. The number of ether oxygens (including phenoxy) is 2. The number of fused-ring (bicyclic) bond motifs is 4. The molecular formula is C53H58F2N8O10S. The van der Waals surface area contributed by atoms with E-state index in [1.54, 1.807) is 53.8 Å². The second-order valence-corrected chi connectivity index (χ2v) is 19.8. The second-order valence-electron chi connectivity index (χ2n) is 18.8. The van der Waals surface area contributed by atoms with Gasteiger partial charge in [-0.25, -0.2) is 13.6 Å². The molecule has 0 radical (unpaired) electrons. The van der Waals surface area contributed by atoms with E-state index in [1.807, 2.05) is 29.3 Å². The number of carbonyl (C=O) groups excluding carboxylic acids is 7. The zero-order valence-electron chi connectivity index (χ0n) is 41.0. The molecule has 0 aliphatic carbocycles. The minimum atomic E-state index is -0.975. The number of halogens is 2. The number of ketones is 1. The van der Waals surface area contributed by atoms with E-state index >= 15 is 4.39 Å². The van der Waals surface area contributed by atoms with Crippen LogP contribution in [0.4, 0.5) is 19.3 Å². The average Bonchev–Trinajstić information content (AvgIpc) is 3.60. The van der Waals surface area contributed by atoms with Crippen molar-refractivity contribution < 1.29 is 51.8 Å². The Hall–Kier alpha value is -7.39. The number of amides is 7. The summed E-state index contributed by atoms with van der Waals surface area (Å²) in [6.45, 7) is 4.34. The minimum absolute atomic E-state index is 0.0512. The molecule has 74 heavy (non-hydrogen) atoms. The quantitative estimate of drug-likeness (QED) is 0.0604. The van der Waals surface area contributed by atoms with Crippen LogP contribution in [0.1, 0.15) is 97.6 Å². The SMILES string of the molecule is CC(C)[C@H](NC(=O)CCCCCN1C(=O)C=CC1=O)C(=O)C[C@@H](CCCNC(N)=O)C(=O)Nc1ccc(COc2c3n(ccc2=O)N([C@@H]2c4ccccc4SCc4c2ccc(F)c4F)[C@@H]2COCCN2C3=O)cc1. The highest BCUT2D eigenvalue weighted by Gasteiger charge is 2.46. The molecule has 5 N–H and O–H groups in total. The summed E-state index contributed by atoms with van der Waals surface area (Å²) in [6, 6.07) is 15.7. The van der Waals surface area contributed by atoms with Gasteiger partial charge in [0.1, 0.15) is 12.8 Å². The maximum atomic E-state index is 15.7. The summed E-state index contributed by atoms with van der Waals surface area (Å²) in [5, 5.41) is 10.1. The number of nitrogens with zero attached hydrogens (tertiary/aromatic N) is 4. The maximum Gasteiger partial charge on any atom is 0.312 e. The largest absolute Gasteiger partial charge is 0.482 e. The van der Waals surface area contributed by atoms with Gasteiger partial charge in [-0.05, 0) is 72.6 Å². The Morgan fingerprint density at radius 1 is 0.905 bits per heavy atom. The molecule has 0 saturated carbocycles. The van der Waals surface area contributed by atoms with Crippen LogP contribution in [-0.2, 0) is 41.1 Å². The fraction of sp³-hybridized carbons (Fsp3) is 0.396. The lowest BCUT2D eigenvalue weighted by Gasteiger charge is -2.51. The Morgan fingerprint density at radius 2 is 1.66 bits per heavy atom. The number of nitrogens with two attached hydrogens (primary N) is 1. The third-order valence-corrected chi connectivity index (χ3v) is 14.6. The molecule has 0 spiro atoms. The predicted molar refractivity (Wildman–Crippen MR) is 269 cm³/mol. The number of nitrogens with one attached hydrogen (secondary N) is 3. The zero-order valence-corrected chi connectivity index (χ0v) is 41.8. The van der Waals surface area contributed by atoms with E-state index in [9.17, 15) is 42.7 Å². The van der Waals surface area contributed by atoms with Crippen molar-refractivity contribution in [2.45, 2.75) is 94.3 Å². The first kappa shape index (κ1) is 52.9. The molecule has 21 heteroatoms. The van der Waals surface area contributed by atoms with Crippen LogP contribution in [0.3, 0.4) is 0 Å². The van der Waals surface area contributed by atoms with Crippen LogP contribution in [0, 0.1) is 23.5 Å². The number of primary amides is 1. The van der Waals surface area contributed by atoms with E-state index < -0.39 is 59.1 Å². The Balaban J connectivity index is 0.955. The highest BCUT2D eigenvalue weighted by atomic mass is 32.2. The number of benzene rings is 3. The molecule has 7 amide bonds. The molecule has 1 saturated heterocycles. The van der Waals surface area contributed by atoms with Gasteiger partial charge >= 0.3 is 6.03 Å². The first-order chi connectivity index (χ1) is 35.6. The number of hydrogen-bond acceptors (Lipinski definition) is 12. The van der Waals surface area contributed by atoms with Crippen molar-refractivity contribution in [2.24, 2.45) is 17.6 Å². The first-order valence-corrected chi connectivity index (χ1v) is 25.6. The van der Waals surface area contributed by atoms with Crippen LogP contribution in [0.25, 0.3) is 0 Å². The van der Waals surface area contributed by atoms with E-state index in [1.165, 1.54) is 36.2 Å². The standard InChI is InChI=1S/C53H58F2N8O10S/c1-31(2)47(59-42(66)12-4-3-7-23-61-44(67)19-20-45(61)68)40(65)27-33(9-8-22-57-53(56)71)51(69)58-34-15-13-32(14-16-34)28-73-50-39(64)21-24-62-49(50)52(70)60-25-26-72-29-43(60)63(62)48-35-17-18-38(54)46(55)37(35)30-74-41-11-6-5-10-36(41)48/h5-6,10-11,13-21,24,31,33,43,47-48H,3-4,7-9,12,22-23,25-30H2,1-2H3,(H,58,69)(H,59,66)(H3,56,57,71)/t33-,43-,47+,48+/m1/s1. The fourth-order valence-corrected chi connectivity index (χ4v) is 10.8. The summed E-state index contributed by atoms with van der Waals surface area (Å²) < 4.78 is 44.2. The summed E-state index contributed by atoms with van der Waals surface area (Å²) in [5.74, 6) is -5.52. The second kappa shape index (κ2) is 23.7. The fourth-order valence-electron chi connectivity index (χ4n) is 9.70. The molecule has 8 rings (SSSR count). The molecule has 4 aliphatic rings. The number of pyridine rings is 1. The van der Waals surface area contributed by atoms with Crippen LogP contribution >= 0.6 is 11.8 Å². The first-order valence-electron chi connectivity index (χ1n) is 24.6. The van der Waals surface area contributed by atoms with Gasteiger partial charge in [0, 0.05) is 84.7 Å². The van der Waals surface area contributed by atoms with Gasteiger partial charge in [0.2, 0.25) is 17.2 Å². The summed E-state index contributed by atoms with van der Waals surface area (Å²) in [7, 11) is 0. The van der Waals surface area contributed by atoms with Crippen molar-refractivity contribution in [3.63, 3.8) is 0 Å². The molecule has 0 unspecified atom stereocenters. The molecule has 4 aromatic rings. The number of unbranched alkanes of at least 4 members (excludes halogenated alkanes) is 2. The third-order valence-electron chi connectivity index (χ3n) is 13.5. The Morgan fingerprint density at radius 3 is 2.41 bits per heavy atom. The number of rotatable bonds is 21. The van der Waals surface area contributed by atoms with E-state index in [0.717, 1.165) is 21.4 Å². The molecule has 1 aromatic heterocycles. The van der Waals surface area contributed by atoms with Gasteiger partial charge in [0.25, 0.3) is 17.7 Å². The summed E-state index contributed by atoms with van der Waals surface area (Å²) in [4.78, 5) is 108. The number of morpholine rings is 1. The highest BCUT2D eigenvalue weighted by Crippen LogP contribution is 2.45. The van der Waals surface area contributed by atoms with E-state index in [-0.39, 0.29) is 111 Å². The number of imide groups is 1. The summed E-state index contributed by atoms with van der Waals surface area (Å²) in [6.07, 6.45) is 5.22. The van der Waals surface area contributed by atoms with Crippen molar-refractivity contribution in [3.8, 4) is 5.75 Å². The van der Waals surface area contributed by atoms with E-state index in [4.69, 9.17) is 15.2 Å². The number of aromatic nitrogens is 1. The van der Waals surface area contributed by atoms with Gasteiger partial charge in [-0.1, -0.05) is 56.7 Å². The number of Topliss-reactive ketones (excluding diaryl/α,β-unsaturated/α-hetero) is 1. The van der Waals surface area contributed by atoms with Crippen molar-refractivity contribution in [2.75, 3.05) is 43.2 Å². The summed E-state index contributed by atoms with van der Waals surface area (Å²) >= 11 is 1.38. The van der Waals surface area contributed by atoms with E-state index in [0.29, 0.717) is 42.5 Å². The third kappa shape index (κ3) is 11.8. The van der Waals surface area contributed by atoms with Crippen LogP contribution < -0.4 is 36.9 Å². The smallest absolute Gasteiger partial charge is 0.312 e. The Kier molecular flexibility index (Phi) is 16.9. The van der Waals surface area contributed by atoms with Gasteiger partial charge in [-0.3, -0.25) is 48.1 Å². The molecule has 390 valence electrons. The topological polar surface area (TPSA) is 232 Å². The van der Waals surface area contributed by atoms with Crippen molar-refractivity contribution in [1.29, 1.82) is 0 Å². The van der Waals surface area contributed by atoms with Crippen molar-refractivity contribution >= 4 is 58.8 Å². The van der Waals surface area contributed by atoms with Crippen LogP contribution in [-0.4, -0.2) is 101 Å². The average molecular weight is 1040 g/mol. The molecule has 0 bridgehead atoms. The number of carbonyl (C=O) groups is 7. The highest BCUT2D eigenvalue weighted by molar-refractivity contribution is 7.98. The molecule has 4 atom stereocenters. The van der Waals surface area contributed by atoms with Crippen LogP contribution in [0.15, 0.2) is 94.8 Å². The monoisotopic (exact) mass is 1040 g/mol.